The Hall–Kier alpha value is -0.980. The van der Waals surface area contributed by atoms with E-state index < -0.39 is 10.0 Å². The fourth-order valence-electron chi connectivity index (χ4n) is 3.12. The van der Waals surface area contributed by atoms with Crippen molar-refractivity contribution >= 4 is 57.2 Å². The number of sulfonamides is 1. The number of halogens is 2. The van der Waals surface area contributed by atoms with Crippen molar-refractivity contribution in [2.45, 2.75) is 32.7 Å². The van der Waals surface area contributed by atoms with E-state index in [2.05, 4.69) is 25.2 Å². The molecule has 30 heavy (non-hydrogen) atoms. The lowest BCUT2D eigenvalue weighted by Gasteiger charge is -2.22. The highest BCUT2D eigenvalue weighted by molar-refractivity contribution is 14.0. The van der Waals surface area contributed by atoms with Gasteiger partial charge in [0.15, 0.2) is 5.96 Å². The molecule has 8 nitrogen and oxygen atoms in total. The van der Waals surface area contributed by atoms with Crippen LogP contribution in [0.1, 0.15) is 26.7 Å². The lowest BCUT2D eigenvalue weighted by molar-refractivity contribution is 0.415. The molecule has 0 aliphatic carbocycles. The highest BCUT2D eigenvalue weighted by atomic mass is 127. The molecular formula is C19H33ClIN5O3S. The molecule has 0 radical (unpaired) electrons. The highest BCUT2D eigenvalue weighted by Gasteiger charge is 2.25. The summed E-state index contributed by atoms with van der Waals surface area (Å²) in [4.78, 5) is 6.82. The SMILES string of the molecule is CCNC(=NCCCNS(=O)(=O)CC)NC1CCN(c2cc(Cl)ccc2OC)C1.I. The maximum absolute atomic E-state index is 11.4. The van der Waals surface area contributed by atoms with Gasteiger partial charge in [0.1, 0.15) is 5.75 Å². The molecular weight excluding hydrogens is 541 g/mol. The molecule has 1 unspecified atom stereocenters. The fraction of sp³-hybridized carbons (Fsp3) is 0.632. The summed E-state index contributed by atoms with van der Waals surface area (Å²) in [7, 11) is -1.48. The van der Waals surface area contributed by atoms with Gasteiger partial charge >= 0.3 is 0 Å². The number of methoxy groups -OCH3 is 1. The van der Waals surface area contributed by atoms with Gasteiger partial charge in [-0.25, -0.2) is 13.1 Å². The van der Waals surface area contributed by atoms with Gasteiger partial charge in [0, 0.05) is 43.8 Å². The molecule has 172 valence electrons. The smallest absolute Gasteiger partial charge is 0.211 e. The van der Waals surface area contributed by atoms with Crippen molar-refractivity contribution in [2.24, 2.45) is 4.99 Å². The second kappa shape index (κ2) is 13.4. The van der Waals surface area contributed by atoms with Crippen molar-refractivity contribution in [3.63, 3.8) is 0 Å². The highest BCUT2D eigenvalue weighted by Crippen LogP contribution is 2.33. The lowest BCUT2D eigenvalue weighted by atomic mass is 10.2. The minimum absolute atomic E-state index is 0. The number of nitrogens with zero attached hydrogens (tertiary/aromatic N) is 2. The number of benzene rings is 1. The van der Waals surface area contributed by atoms with Gasteiger partial charge < -0.3 is 20.3 Å². The van der Waals surface area contributed by atoms with Crippen LogP contribution in [0.5, 0.6) is 5.75 Å². The standard InChI is InChI=1S/C19H32ClN5O3S.HI/c1-4-21-19(22-10-6-11-23-29(26,27)5-2)24-16-9-12-25(14-16)17-13-15(20)7-8-18(17)28-3;/h7-8,13,16,23H,4-6,9-12,14H2,1-3H3,(H2,21,22,24);1H. The molecule has 1 fully saturated rings. The van der Waals surface area contributed by atoms with E-state index in [4.69, 9.17) is 16.3 Å². The first-order valence-corrected chi connectivity index (χ1v) is 12.0. The molecule has 1 aliphatic rings. The first-order chi connectivity index (χ1) is 13.9. The van der Waals surface area contributed by atoms with Gasteiger partial charge in [-0.05, 0) is 44.9 Å². The van der Waals surface area contributed by atoms with Crippen LogP contribution in [0.15, 0.2) is 23.2 Å². The van der Waals surface area contributed by atoms with Crippen LogP contribution in [0.3, 0.4) is 0 Å². The minimum Gasteiger partial charge on any atom is -0.495 e. The van der Waals surface area contributed by atoms with E-state index in [-0.39, 0.29) is 35.8 Å². The van der Waals surface area contributed by atoms with E-state index in [1.165, 1.54) is 0 Å². The van der Waals surface area contributed by atoms with Gasteiger partial charge in [-0.1, -0.05) is 11.6 Å². The van der Waals surface area contributed by atoms with Gasteiger partial charge in [-0.3, -0.25) is 4.99 Å². The predicted molar refractivity (Wildman–Crippen MR) is 135 cm³/mol. The van der Waals surface area contributed by atoms with E-state index >= 15 is 0 Å². The zero-order valence-corrected chi connectivity index (χ0v) is 21.7. The van der Waals surface area contributed by atoms with Crippen LogP contribution in [0.25, 0.3) is 0 Å². The summed E-state index contributed by atoms with van der Waals surface area (Å²) in [6.07, 6.45) is 1.61. The maximum Gasteiger partial charge on any atom is 0.211 e. The molecule has 0 aromatic heterocycles. The van der Waals surface area contributed by atoms with Crippen molar-refractivity contribution in [1.29, 1.82) is 0 Å². The second-order valence-corrected chi connectivity index (χ2v) is 9.34. The average molecular weight is 574 g/mol. The number of ether oxygens (including phenoxy) is 1. The summed E-state index contributed by atoms with van der Waals surface area (Å²) in [5.74, 6) is 1.65. The summed E-state index contributed by atoms with van der Waals surface area (Å²) >= 11 is 6.16. The summed E-state index contributed by atoms with van der Waals surface area (Å²) in [6.45, 7) is 7.05. The van der Waals surface area contributed by atoms with E-state index in [0.717, 1.165) is 43.5 Å². The normalized spacial score (nSPS) is 16.9. The van der Waals surface area contributed by atoms with Crippen molar-refractivity contribution in [3.05, 3.63) is 23.2 Å². The van der Waals surface area contributed by atoms with Crippen molar-refractivity contribution in [1.82, 2.24) is 15.4 Å². The lowest BCUT2D eigenvalue weighted by Crippen LogP contribution is -2.44. The molecule has 0 bridgehead atoms. The first kappa shape index (κ1) is 27.1. The Morgan fingerprint density at radius 3 is 2.80 bits per heavy atom. The van der Waals surface area contributed by atoms with E-state index in [0.29, 0.717) is 24.5 Å². The second-order valence-electron chi connectivity index (χ2n) is 6.80. The quantitative estimate of drug-likeness (QED) is 0.172. The van der Waals surface area contributed by atoms with Gasteiger partial charge in [0.25, 0.3) is 0 Å². The number of nitrogens with one attached hydrogen (secondary N) is 3. The molecule has 1 atom stereocenters. The Balaban J connectivity index is 0.00000450. The molecule has 1 aromatic rings. The molecule has 1 heterocycles. The summed E-state index contributed by atoms with van der Waals surface area (Å²) in [5, 5.41) is 7.41. The molecule has 0 spiro atoms. The monoisotopic (exact) mass is 573 g/mol. The van der Waals surface area contributed by atoms with E-state index in [9.17, 15) is 8.42 Å². The Bertz CT molecular complexity index is 794. The third-order valence-corrected chi connectivity index (χ3v) is 6.30. The van der Waals surface area contributed by atoms with Crippen LogP contribution in [-0.4, -0.2) is 66.0 Å². The van der Waals surface area contributed by atoms with Gasteiger partial charge in [0.2, 0.25) is 10.0 Å². The van der Waals surface area contributed by atoms with Crippen LogP contribution in [0.2, 0.25) is 5.02 Å². The van der Waals surface area contributed by atoms with Crippen LogP contribution >= 0.6 is 35.6 Å². The molecule has 11 heteroatoms. The number of hydrogen-bond acceptors (Lipinski definition) is 5. The van der Waals surface area contributed by atoms with E-state index in [1.54, 1.807) is 14.0 Å². The zero-order chi connectivity index (χ0) is 21.3. The molecule has 1 aromatic carbocycles. The zero-order valence-electron chi connectivity index (χ0n) is 17.8. The molecule has 0 amide bonds. The number of guanidine groups is 1. The van der Waals surface area contributed by atoms with Gasteiger partial charge in [0.05, 0.1) is 18.6 Å². The molecule has 2 rings (SSSR count). The molecule has 3 N–H and O–H groups in total. The Kier molecular flexibility index (Phi) is 12.1. The first-order valence-electron chi connectivity index (χ1n) is 9.99. The van der Waals surface area contributed by atoms with Crippen molar-refractivity contribution < 1.29 is 13.2 Å². The Labute approximate surface area is 202 Å². The Morgan fingerprint density at radius 1 is 1.37 bits per heavy atom. The Morgan fingerprint density at radius 2 is 2.13 bits per heavy atom. The number of rotatable bonds is 10. The third kappa shape index (κ3) is 8.64. The molecule has 1 saturated heterocycles. The van der Waals surface area contributed by atoms with Crippen molar-refractivity contribution in [3.8, 4) is 5.75 Å². The summed E-state index contributed by atoms with van der Waals surface area (Å²) < 4.78 is 30.9. The van der Waals surface area contributed by atoms with Crippen LogP contribution in [-0.2, 0) is 10.0 Å². The molecule has 1 aliphatic heterocycles. The van der Waals surface area contributed by atoms with Crippen LogP contribution in [0.4, 0.5) is 5.69 Å². The van der Waals surface area contributed by atoms with Gasteiger partial charge in [-0.2, -0.15) is 0 Å². The average Bonchev–Trinajstić information content (AvgIpc) is 3.16. The van der Waals surface area contributed by atoms with Crippen molar-refractivity contribution in [2.75, 3.05) is 50.5 Å². The predicted octanol–water partition coefficient (Wildman–Crippen LogP) is 2.43. The maximum atomic E-state index is 11.4. The van der Waals surface area contributed by atoms with Gasteiger partial charge in [-0.15, -0.1) is 24.0 Å². The summed E-state index contributed by atoms with van der Waals surface area (Å²) in [5.41, 5.74) is 0.995. The molecule has 0 saturated carbocycles. The topological polar surface area (TPSA) is 95.1 Å². The third-order valence-electron chi connectivity index (χ3n) is 4.66. The van der Waals surface area contributed by atoms with Crippen LogP contribution < -0.4 is 25.0 Å². The van der Waals surface area contributed by atoms with E-state index in [1.807, 2.05) is 25.1 Å². The van der Waals surface area contributed by atoms with Crippen LogP contribution in [0, 0.1) is 0 Å². The summed E-state index contributed by atoms with van der Waals surface area (Å²) in [6, 6.07) is 5.89. The number of anilines is 1. The minimum atomic E-state index is -3.15. The number of aliphatic imine (C=N–C) groups is 1. The number of hydrogen-bond donors (Lipinski definition) is 3. The largest absolute Gasteiger partial charge is 0.495 e. The fourth-order valence-corrected chi connectivity index (χ4v) is 3.95.